The third-order valence-corrected chi connectivity index (χ3v) is 5.47. The monoisotopic (exact) mass is 428 g/mol. The molecule has 3 aromatic heterocycles. The van der Waals surface area contributed by atoms with Crippen LogP contribution < -0.4 is 15.6 Å². The van der Waals surface area contributed by atoms with Gasteiger partial charge in [0.25, 0.3) is 11.5 Å². The molecule has 3 heterocycles. The lowest BCUT2D eigenvalue weighted by atomic mass is 9.99. The topological polar surface area (TPSA) is 109 Å². The molecule has 9 heteroatoms. The zero-order valence-corrected chi connectivity index (χ0v) is 17.6. The predicted molar refractivity (Wildman–Crippen MR) is 114 cm³/mol. The van der Waals surface area contributed by atoms with Crippen LogP contribution in [0.1, 0.15) is 54.2 Å². The highest BCUT2D eigenvalue weighted by Gasteiger charge is 2.30. The van der Waals surface area contributed by atoms with Crippen LogP contribution in [-0.2, 0) is 6.42 Å². The van der Waals surface area contributed by atoms with E-state index in [-0.39, 0.29) is 17.9 Å². The number of anilines is 1. The summed E-state index contributed by atoms with van der Waals surface area (Å²) in [6.45, 7) is 2.82. The van der Waals surface area contributed by atoms with Crippen molar-refractivity contribution in [1.29, 1.82) is 0 Å². The SMILES string of the molecule is COc1cn2nc(CC(F)C(C)(C)O)cc2cc1NC(=O)c1c(C2CC2)cc[nH]c1=O. The Morgan fingerprint density at radius 2 is 2.19 bits per heavy atom. The zero-order chi connectivity index (χ0) is 22.3. The highest BCUT2D eigenvalue weighted by atomic mass is 19.1. The summed E-state index contributed by atoms with van der Waals surface area (Å²) in [6, 6.07) is 5.10. The van der Waals surface area contributed by atoms with E-state index in [0.717, 1.165) is 18.4 Å². The Balaban J connectivity index is 1.65. The van der Waals surface area contributed by atoms with Crippen LogP contribution in [0.3, 0.4) is 0 Å². The number of nitrogens with zero attached hydrogens (tertiary/aromatic N) is 2. The summed E-state index contributed by atoms with van der Waals surface area (Å²) < 4.78 is 21.1. The van der Waals surface area contributed by atoms with Crippen LogP contribution in [0.25, 0.3) is 5.52 Å². The number of ether oxygens (including phenoxy) is 1. The fourth-order valence-electron chi connectivity index (χ4n) is 3.51. The molecule has 1 unspecified atom stereocenters. The number of aromatic nitrogens is 3. The standard InChI is InChI=1S/C22H25FN4O4/c1-22(2,30)18(23)9-13-8-14-10-16(17(31-3)11-27(14)26-13)25-21(29)19-15(12-4-5-12)6-7-24-20(19)28/h6-8,10-12,18,30H,4-5,9H2,1-3H3,(H,24,28)(H,25,29). The summed E-state index contributed by atoms with van der Waals surface area (Å²) in [5.41, 5.74) is 0.369. The van der Waals surface area contributed by atoms with Crippen LogP contribution in [0.2, 0.25) is 0 Å². The van der Waals surface area contributed by atoms with Gasteiger partial charge >= 0.3 is 0 Å². The zero-order valence-electron chi connectivity index (χ0n) is 17.6. The van der Waals surface area contributed by atoms with E-state index in [1.165, 1.54) is 25.5 Å². The van der Waals surface area contributed by atoms with E-state index in [4.69, 9.17) is 4.74 Å². The second kappa shape index (κ2) is 7.81. The number of alkyl halides is 1. The van der Waals surface area contributed by atoms with Crippen molar-refractivity contribution < 1.29 is 19.0 Å². The van der Waals surface area contributed by atoms with Gasteiger partial charge in [-0.05, 0) is 56.4 Å². The average Bonchev–Trinajstić information content (AvgIpc) is 3.47. The fraction of sp³-hybridized carbons (Fsp3) is 0.409. The second-order valence-corrected chi connectivity index (χ2v) is 8.45. The number of H-pyrrole nitrogens is 1. The fourth-order valence-corrected chi connectivity index (χ4v) is 3.51. The summed E-state index contributed by atoms with van der Waals surface area (Å²) >= 11 is 0. The molecule has 0 bridgehead atoms. The van der Waals surface area contributed by atoms with Crippen LogP contribution in [0.4, 0.5) is 10.1 Å². The molecule has 3 N–H and O–H groups in total. The van der Waals surface area contributed by atoms with Gasteiger partial charge in [0, 0.05) is 12.6 Å². The first kappa shape index (κ1) is 21.0. The maximum atomic E-state index is 14.2. The number of carbonyl (C=O) groups is 1. The van der Waals surface area contributed by atoms with Crippen LogP contribution in [0.15, 0.2) is 35.4 Å². The Morgan fingerprint density at radius 1 is 1.45 bits per heavy atom. The molecule has 164 valence electrons. The Kier molecular flexibility index (Phi) is 5.30. The largest absolute Gasteiger partial charge is 0.493 e. The summed E-state index contributed by atoms with van der Waals surface area (Å²) in [5, 5.41) is 16.9. The molecule has 1 fully saturated rings. The lowest BCUT2D eigenvalue weighted by Gasteiger charge is -2.21. The molecule has 0 saturated heterocycles. The lowest BCUT2D eigenvalue weighted by molar-refractivity contribution is -0.00301. The summed E-state index contributed by atoms with van der Waals surface area (Å²) in [7, 11) is 1.46. The first-order chi connectivity index (χ1) is 14.7. The lowest BCUT2D eigenvalue weighted by Crippen LogP contribution is -2.34. The van der Waals surface area contributed by atoms with Gasteiger partial charge in [-0.15, -0.1) is 0 Å². The number of methoxy groups -OCH3 is 1. The number of carbonyl (C=O) groups excluding carboxylic acids is 1. The molecule has 4 rings (SSSR count). The van der Waals surface area contributed by atoms with Gasteiger partial charge in [-0.2, -0.15) is 5.10 Å². The van der Waals surface area contributed by atoms with E-state index in [9.17, 15) is 19.1 Å². The second-order valence-electron chi connectivity index (χ2n) is 8.45. The number of aromatic amines is 1. The number of nitrogens with one attached hydrogen (secondary N) is 2. The average molecular weight is 428 g/mol. The molecule has 3 aromatic rings. The minimum absolute atomic E-state index is 0.0562. The minimum atomic E-state index is -1.48. The molecule has 1 aliphatic carbocycles. The normalized spacial score (nSPS) is 15.1. The molecular weight excluding hydrogens is 403 g/mol. The van der Waals surface area contributed by atoms with Gasteiger partial charge < -0.3 is 20.1 Å². The molecule has 8 nitrogen and oxygen atoms in total. The molecule has 0 aromatic carbocycles. The molecular formula is C22H25FN4O4. The van der Waals surface area contributed by atoms with Crippen molar-refractivity contribution in [3.8, 4) is 5.75 Å². The van der Waals surface area contributed by atoms with E-state index in [2.05, 4.69) is 15.4 Å². The number of fused-ring (bicyclic) bond motifs is 1. The molecule has 1 saturated carbocycles. The molecule has 31 heavy (non-hydrogen) atoms. The van der Waals surface area contributed by atoms with Gasteiger partial charge in [0.2, 0.25) is 0 Å². The van der Waals surface area contributed by atoms with E-state index < -0.39 is 23.2 Å². The third-order valence-electron chi connectivity index (χ3n) is 5.47. The predicted octanol–water partition coefficient (Wildman–Crippen LogP) is 2.81. The highest BCUT2D eigenvalue weighted by Crippen LogP contribution is 2.41. The Hall–Kier alpha value is -3.20. The highest BCUT2D eigenvalue weighted by molar-refractivity contribution is 6.06. The molecule has 0 radical (unpaired) electrons. The van der Waals surface area contributed by atoms with Crippen molar-refractivity contribution >= 4 is 17.1 Å². The number of aliphatic hydroxyl groups is 1. The number of hydrogen-bond donors (Lipinski definition) is 3. The van der Waals surface area contributed by atoms with Crippen molar-refractivity contribution in [1.82, 2.24) is 14.6 Å². The van der Waals surface area contributed by atoms with E-state index in [1.807, 2.05) is 0 Å². The van der Waals surface area contributed by atoms with Gasteiger partial charge in [0.05, 0.1) is 35.8 Å². The molecule has 0 aliphatic heterocycles. The molecule has 1 atom stereocenters. The van der Waals surface area contributed by atoms with Gasteiger partial charge in [0.1, 0.15) is 11.7 Å². The molecule has 1 aliphatic rings. The third kappa shape index (κ3) is 4.32. The number of pyridine rings is 2. The number of amides is 1. The van der Waals surface area contributed by atoms with Gasteiger partial charge in [-0.25, -0.2) is 8.91 Å². The quantitative estimate of drug-likeness (QED) is 0.536. The minimum Gasteiger partial charge on any atom is -0.493 e. The van der Waals surface area contributed by atoms with Gasteiger partial charge in [-0.3, -0.25) is 9.59 Å². The Bertz CT molecular complexity index is 1190. The molecule has 1 amide bonds. The first-order valence-corrected chi connectivity index (χ1v) is 10.1. The van der Waals surface area contributed by atoms with Crippen molar-refractivity contribution in [3.63, 3.8) is 0 Å². The smallest absolute Gasteiger partial charge is 0.261 e. The van der Waals surface area contributed by atoms with E-state index in [0.29, 0.717) is 22.6 Å². The summed E-state index contributed by atoms with van der Waals surface area (Å²) in [5.74, 6) is 0.0568. The Labute approximate surface area is 178 Å². The van der Waals surface area contributed by atoms with Crippen molar-refractivity contribution in [2.24, 2.45) is 0 Å². The molecule has 0 spiro atoms. The van der Waals surface area contributed by atoms with Crippen molar-refractivity contribution in [2.45, 2.75) is 50.8 Å². The van der Waals surface area contributed by atoms with Crippen molar-refractivity contribution in [3.05, 3.63) is 57.8 Å². The van der Waals surface area contributed by atoms with Crippen LogP contribution in [0.5, 0.6) is 5.75 Å². The van der Waals surface area contributed by atoms with E-state index in [1.54, 1.807) is 30.6 Å². The maximum Gasteiger partial charge on any atom is 0.261 e. The van der Waals surface area contributed by atoms with E-state index >= 15 is 0 Å². The Morgan fingerprint density at radius 3 is 2.84 bits per heavy atom. The summed E-state index contributed by atoms with van der Waals surface area (Å²) in [6.07, 6.45) is 3.50. The van der Waals surface area contributed by atoms with Gasteiger partial charge in [0.15, 0.2) is 5.75 Å². The van der Waals surface area contributed by atoms with Crippen LogP contribution in [0, 0.1) is 0 Å². The number of halogens is 1. The van der Waals surface area contributed by atoms with Crippen LogP contribution >= 0.6 is 0 Å². The number of hydrogen-bond acceptors (Lipinski definition) is 5. The van der Waals surface area contributed by atoms with Gasteiger partial charge in [-0.1, -0.05) is 0 Å². The summed E-state index contributed by atoms with van der Waals surface area (Å²) in [4.78, 5) is 27.9. The number of rotatable bonds is 7. The van der Waals surface area contributed by atoms with Crippen molar-refractivity contribution in [2.75, 3.05) is 12.4 Å². The maximum absolute atomic E-state index is 14.2. The van der Waals surface area contributed by atoms with Crippen LogP contribution in [-0.4, -0.2) is 44.5 Å². The first-order valence-electron chi connectivity index (χ1n) is 10.1.